The zero-order chi connectivity index (χ0) is 24.4. The molecule has 0 aromatic heterocycles. The van der Waals surface area contributed by atoms with Crippen molar-refractivity contribution in [2.75, 3.05) is 39.6 Å². The molecule has 0 aliphatic heterocycles. The number of ether oxygens (including phenoxy) is 3. The first-order valence-corrected chi connectivity index (χ1v) is 11.8. The van der Waals surface area contributed by atoms with Crippen LogP contribution in [0.2, 0.25) is 0 Å². The van der Waals surface area contributed by atoms with Crippen molar-refractivity contribution in [3.8, 4) is 0 Å². The molecular weight excluding hydrogens is 416 g/mol. The van der Waals surface area contributed by atoms with Gasteiger partial charge in [-0.05, 0) is 31.6 Å². The van der Waals surface area contributed by atoms with Crippen molar-refractivity contribution >= 4 is 5.97 Å². The summed E-state index contributed by atoms with van der Waals surface area (Å²) in [5.41, 5.74) is 0.963. The molecule has 0 rings (SSSR count). The van der Waals surface area contributed by atoms with Gasteiger partial charge >= 0.3 is 5.97 Å². The summed E-state index contributed by atoms with van der Waals surface area (Å²) in [4.78, 5) is 11.9. The molecule has 0 saturated carbocycles. The highest BCUT2D eigenvalue weighted by Gasteiger charge is 2.11. The first-order valence-electron chi connectivity index (χ1n) is 11.8. The van der Waals surface area contributed by atoms with E-state index in [-0.39, 0.29) is 33.0 Å². The molecule has 0 saturated heterocycles. The molecule has 8 heteroatoms. The number of carbonyl (C=O) groups is 1. The topological polar surface area (TPSA) is 126 Å². The number of hydrogen-bond donors (Lipinski definition) is 4. The van der Waals surface area contributed by atoms with Crippen LogP contribution in [0.5, 0.6) is 0 Å². The Kier molecular flexibility index (Phi) is 18.8. The Labute approximate surface area is 193 Å². The van der Waals surface area contributed by atoms with Crippen LogP contribution >= 0.6 is 0 Å². The maximum Gasteiger partial charge on any atom is 0.330 e. The Hall–Kier alpha value is -1.03. The average molecular weight is 463 g/mol. The van der Waals surface area contributed by atoms with Gasteiger partial charge in [0, 0.05) is 6.08 Å². The van der Waals surface area contributed by atoms with Gasteiger partial charge in [0.25, 0.3) is 0 Å². The Balaban J connectivity index is 3.86. The van der Waals surface area contributed by atoms with E-state index in [9.17, 15) is 15.0 Å². The zero-order valence-corrected chi connectivity index (χ0v) is 20.4. The highest BCUT2D eigenvalue weighted by molar-refractivity contribution is 5.82. The van der Waals surface area contributed by atoms with Crippen LogP contribution in [0.3, 0.4) is 0 Å². The summed E-state index contributed by atoms with van der Waals surface area (Å²) in [6.45, 7) is 7.77. The van der Waals surface area contributed by atoms with E-state index in [0.29, 0.717) is 5.92 Å². The molecular formula is C24H46O8. The summed E-state index contributed by atoms with van der Waals surface area (Å²) in [6, 6.07) is 0. The third-order valence-corrected chi connectivity index (χ3v) is 4.98. The van der Waals surface area contributed by atoms with E-state index in [1.54, 1.807) is 0 Å². The molecule has 0 aromatic carbocycles. The van der Waals surface area contributed by atoms with Gasteiger partial charge in [0.05, 0.1) is 33.0 Å². The second-order valence-electron chi connectivity index (χ2n) is 9.16. The zero-order valence-electron chi connectivity index (χ0n) is 20.4. The first-order chi connectivity index (χ1) is 15.1. The Morgan fingerprint density at radius 1 is 0.812 bits per heavy atom. The molecule has 190 valence electrons. The van der Waals surface area contributed by atoms with Crippen LogP contribution in [0.4, 0.5) is 0 Å². The van der Waals surface area contributed by atoms with Crippen molar-refractivity contribution in [1.82, 2.24) is 0 Å². The molecule has 0 aromatic rings. The third-order valence-electron chi connectivity index (χ3n) is 4.98. The number of aliphatic hydroxyl groups excluding tert-OH is 4. The molecule has 0 heterocycles. The van der Waals surface area contributed by atoms with Crippen LogP contribution in [0, 0.1) is 11.8 Å². The van der Waals surface area contributed by atoms with Crippen molar-refractivity contribution in [2.45, 2.75) is 84.5 Å². The van der Waals surface area contributed by atoms with Gasteiger partial charge in [-0.1, -0.05) is 52.0 Å². The van der Waals surface area contributed by atoms with E-state index in [2.05, 4.69) is 20.8 Å². The monoisotopic (exact) mass is 462 g/mol. The highest BCUT2D eigenvalue weighted by Crippen LogP contribution is 2.19. The largest absolute Gasteiger partial charge is 0.460 e. The molecule has 0 bridgehead atoms. The average Bonchev–Trinajstić information content (AvgIpc) is 2.71. The number of rotatable bonds is 20. The lowest BCUT2D eigenvalue weighted by Crippen LogP contribution is -2.29. The lowest BCUT2D eigenvalue weighted by Gasteiger charge is -2.15. The van der Waals surface area contributed by atoms with Crippen LogP contribution in [0.1, 0.15) is 66.2 Å². The molecule has 0 fully saturated rings. The number of esters is 1. The highest BCUT2D eigenvalue weighted by atomic mass is 16.6. The van der Waals surface area contributed by atoms with Gasteiger partial charge in [0.2, 0.25) is 0 Å². The predicted molar refractivity (Wildman–Crippen MR) is 123 cm³/mol. The Morgan fingerprint density at radius 2 is 1.34 bits per heavy atom. The molecule has 32 heavy (non-hydrogen) atoms. The fraction of sp³-hybridized carbons (Fsp3) is 0.875. The summed E-state index contributed by atoms with van der Waals surface area (Å²) in [5, 5.41) is 37.3. The summed E-state index contributed by atoms with van der Waals surface area (Å²) in [6.07, 6.45) is 5.39. The minimum atomic E-state index is -0.997. The lowest BCUT2D eigenvalue weighted by molar-refractivity contribution is -0.142. The summed E-state index contributed by atoms with van der Waals surface area (Å²) < 4.78 is 15.2. The number of allylic oxidation sites excluding steroid dienone is 1. The van der Waals surface area contributed by atoms with Crippen LogP contribution in [-0.2, 0) is 19.0 Å². The fourth-order valence-electron chi connectivity index (χ4n) is 3.07. The first kappa shape index (κ1) is 31.0. The minimum absolute atomic E-state index is 0.0665. The standard InChI is InChI=1S/C24H46O8/c1-18(2)7-5-8-19(3)9-6-10-20(4)11-24(29)32-17-23(28)16-31-15-22(27)14-30-13-21(26)12-25/h11,18-19,21-23,25-28H,5-10,12-17H2,1-4H3/b20-11+. The maximum absolute atomic E-state index is 11.9. The van der Waals surface area contributed by atoms with E-state index >= 15 is 0 Å². The lowest BCUT2D eigenvalue weighted by atomic mass is 9.94. The van der Waals surface area contributed by atoms with E-state index < -0.39 is 30.9 Å². The minimum Gasteiger partial charge on any atom is -0.460 e. The fourth-order valence-corrected chi connectivity index (χ4v) is 3.07. The van der Waals surface area contributed by atoms with Gasteiger partial charge in [-0.3, -0.25) is 0 Å². The summed E-state index contributed by atoms with van der Waals surface area (Å²) in [5.74, 6) is 0.969. The summed E-state index contributed by atoms with van der Waals surface area (Å²) >= 11 is 0. The normalized spacial score (nSPS) is 16.1. The molecule has 0 radical (unpaired) electrons. The molecule has 0 aliphatic rings. The number of aliphatic hydroxyl groups is 4. The SMILES string of the molecule is C/C(=C\C(=O)OCC(O)COCC(O)COCC(O)CO)CCCC(C)CCCC(C)C. The second-order valence-corrected chi connectivity index (χ2v) is 9.16. The van der Waals surface area contributed by atoms with E-state index in [1.165, 1.54) is 25.3 Å². The number of hydrogen-bond acceptors (Lipinski definition) is 8. The van der Waals surface area contributed by atoms with Crippen molar-refractivity contribution in [3.05, 3.63) is 11.6 Å². The third kappa shape index (κ3) is 19.6. The van der Waals surface area contributed by atoms with E-state index in [1.807, 2.05) is 6.92 Å². The van der Waals surface area contributed by atoms with Gasteiger partial charge in [0.1, 0.15) is 24.9 Å². The van der Waals surface area contributed by atoms with Gasteiger partial charge in [-0.2, -0.15) is 0 Å². The second kappa shape index (κ2) is 19.4. The predicted octanol–water partition coefficient (Wildman–Crippen LogP) is 2.22. The maximum atomic E-state index is 11.9. The van der Waals surface area contributed by atoms with Crippen LogP contribution in [0.25, 0.3) is 0 Å². The van der Waals surface area contributed by atoms with Crippen molar-refractivity contribution < 1.29 is 39.4 Å². The molecule has 8 nitrogen and oxygen atoms in total. The molecule has 0 amide bonds. The van der Waals surface area contributed by atoms with Gasteiger partial charge in [-0.15, -0.1) is 0 Å². The molecule has 4 atom stereocenters. The van der Waals surface area contributed by atoms with E-state index in [4.69, 9.17) is 24.4 Å². The van der Waals surface area contributed by atoms with Gasteiger partial charge in [-0.25, -0.2) is 4.79 Å². The van der Waals surface area contributed by atoms with E-state index in [0.717, 1.165) is 30.8 Å². The Morgan fingerprint density at radius 3 is 1.91 bits per heavy atom. The van der Waals surface area contributed by atoms with Crippen molar-refractivity contribution in [2.24, 2.45) is 11.8 Å². The van der Waals surface area contributed by atoms with Crippen molar-refractivity contribution in [3.63, 3.8) is 0 Å². The quantitative estimate of drug-likeness (QED) is 0.160. The molecule has 0 spiro atoms. The van der Waals surface area contributed by atoms with Crippen LogP contribution in [0.15, 0.2) is 11.6 Å². The van der Waals surface area contributed by atoms with Crippen LogP contribution < -0.4 is 0 Å². The van der Waals surface area contributed by atoms with Gasteiger partial charge in [0.15, 0.2) is 0 Å². The molecule has 4 N–H and O–H groups in total. The van der Waals surface area contributed by atoms with Gasteiger partial charge < -0.3 is 34.6 Å². The number of carbonyl (C=O) groups excluding carboxylic acids is 1. The summed E-state index contributed by atoms with van der Waals surface area (Å²) in [7, 11) is 0. The molecule has 4 unspecified atom stereocenters. The molecule has 0 aliphatic carbocycles. The smallest absolute Gasteiger partial charge is 0.330 e. The van der Waals surface area contributed by atoms with Crippen LogP contribution in [-0.4, -0.2) is 84.3 Å². The Bertz CT molecular complexity index is 494. The van der Waals surface area contributed by atoms with Crippen molar-refractivity contribution in [1.29, 1.82) is 0 Å².